The molecule has 1 aliphatic heterocycles. The van der Waals surface area contributed by atoms with Gasteiger partial charge in [-0.15, -0.1) is 11.6 Å². The van der Waals surface area contributed by atoms with Crippen LogP contribution >= 0.6 is 11.6 Å². The Balaban J connectivity index is 2.40. The monoisotopic (exact) mass is 482 g/mol. The van der Waals surface area contributed by atoms with Crippen LogP contribution in [0.25, 0.3) is 0 Å². The summed E-state index contributed by atoms with van der Waals surface area (Å²) in [4.78, 5) is 35.3. The topological polar surface area (TPSA) is 126 Å². The van der Waals surface area contributed by atoms with Gasteiger partial charge in [-0.3, -0.25) is 10.1 Å². The number of ether oxygens (including phenoxy) is 4. The van der Waals surface area contributed by atoms with Crippen molar-refractivity contribution >= 4 is 29.6 Å². The highest BCUT2D eigenvalue weighted by Crippen LogP contribution is 2.40. The van der Waals surface area contributed by atoms with Crippen molar-refractivity contribution in [3.8, 4) is 0 Å². The summed E-state index contributed by atoms with van der Waals surface area (Å²) in [6, 6.07) is 5.74. The molecule has 0 saturated heterocycles. The minimum absolute atomic E-state index is 0.0643. The predicted octanol–water partition coefficient (Wildman–Crippen LogP) is 5.48. The van der Waals surface area contributed by atoms with Gasteiger partial charge in [0, 0.05) is 12.1 Å². The van der Waals surface area contributed by atoms with Gasteiger partial charge in [0.15, 0.2) is 0 Å². The van der Waals surface area contributed by atoms with Crippen LogP contribution in [0, 0.1) is 10.1 Å². The summed E-state index contributed by atoms with van der Waals surface area (Å²) in [6.07, 6.45) is 0.615. The first-order valence-corrected chi connectivity index (χ1v) is 11.0. The van der Waals surface area contributed by atoms with E-state index in [0.717, 1.165) is 12.8 Å². The van der Waals surface area contributed by atoms with Gasteiger partial charge >= 0.3 is 12.3 Å². The average molecular weight is 483 g/mol. The number of nitro benzene ring substituents is 1. The summed E-state index contributed by atoms with van der Waals surface area (Å²) in [5.74, 6) is -0.717. The minimum Gasteiger partial charge on any atom is -0.434 e. The molecule has 180 valence electrons. The third-order valence-electron chi connectivity index (χ3n) is 4.70. The molecule has 0 aliphatic carbocycles. The number of alkyl halides is 1. The van der Waals surface area contributed by atoms with Gasteiger partial charge in [-0.25, -0.2) is 9.59 Å². The van der Waals surface area contributed by atoms with E-state index in [9.17, 15) is 19.7 Å². The molecule has 1 heterocycles. The fourth-order valence-electron chi connectivity index (χ4n) is 3.22. The summed E-state index contributed by atoms with van der Waals surface area (Å²) in [5.41, 5.74) is 1.09. The number of hydrogen-bond acceptors (Lipinski definition) is 9. The maximum absolute atomic E-state index is 12.3. The Morgan fingerprint density at radius 2 is 1.67 bits per heavy atom. The second kappa shape index (κ2) is 12.7. The minimum atomic E-state index is -1.01. The zero-order valence-electron chi connectivity index (χ0n) is 18.7. The van der Waals surface area contributed by atoms with Crippen molar-refractivity contribution in [1.29, 1.82) is 0 Å². The molecular formula is C22H27ClN2O8. The Morgan fingerprint density at radius 3 is 2.21 bits per heavy atom. The number of unbranched alkanes of at least 4 members (excludes halogenated alkanes) is 2. The molecule has 10 nitrogen and oxygen atoms in total. The van der Waals surface area contributed by atoms with Gasteiger partial charge < -0.3 is 24.3 Å². The van der Waals surface area contributed by atoms with Crippen molar-refractivity contribution in [2.24, 2.45) is 0 Å². The zero-order valence-corrected chi connectivity index (χ0v) is 19.5. The summed E-state index contributed by atoms with van der Waals surface area (Å²) >= 11 is 5.55. The van der Waals surface area contributed by atoms with Gasteiger partial charge in [0.05, 0.1) is 28.8 Å². The van der Waals surface area contributed by atoms with Crippen LogP contribution in [0.4, 0.5) is 15.3 Å². The number of allylic oxidation sites excluding steroid dienone is 2. The second-order valence-electron chi connectivity index (χ2n) is 7.19. The molecular weight excluding hydrogens is 456 g/mol. The lowest BCUT2D eigenvalue weighted by Crippen LogP contribution is -2.29. The van der Waals surface area contributed by atoms with Crippen molar-refractivity contribution in [3.63, 3.8) is 0 Å². The molecule has 2 rings (SSSR count). The van der Waals surface area contributed by atoms with E-state index < -0.39 is 23.2 Å². The lowest BCUT2D eigenvalue weighted by Gasteiger charge is -2.30. The number of dihydropyridines is 1. The molecule has 0 amide bonds. The van der Waals surface area contributed by atoms with Gasteiger partial charge in [-0.2, -0.15) is 0 Å². The van der Waals surface area contributed by atoms with Gasteiger partial charge in [0.1, 0.15) is 24.0 Å². The molecule has 0 fully saturated rings. The van der Waals surface area contributed by atoms with Crippen LogP contribution in [0.2, 0.25) is 0 Å². The lowest BCUT2D eigenvalue weighted by atomic mass is 9.90. The van der Waals surface area contributed by atoms with Crippen LogP contribution in [-0.2, 0) is 18.9 Å². The fourth-order valence-corrected chi connectivity index (χ4v) is 3.29. The Morgan fingerprint density at radius 1 is 1.06 bits per heavy atom. The molecule has 0 saturated carbocycles. The van der Waals surface area contributed by atoms with E-state index in [1.165, 1.54) is 18.2 Å². The van der Waals surface area contributed by atoms with Crippen molar-refractivity contribution in [2.45, 2.75) is 46.0 Å². The summed E-state index contributed by atoms with van der Waals surface area (Å²) in [7, 11) is 0. The Bertz CT molecular complexity index is 944. The van der Waals surface area contributed by atoms with Gasteiger partial charge in [0.25, 0.3) is 5.69 Å². The number of carbonyl (C=O) groups is 2. The maximum Gasteiger partial charge on any atom is 0.513 e. The molecule has 11 heteroatoms. The van der Waals surface area contributed by atoms with Crippen molar-refractivity contribution in [1.82, 2.24) is 5.32 Å². The molecule has 0 aromatic heterocycles. The summed E-state index contributed by atoms with van der Waals surface area (Å²) < 4.78 is 20.9. The summed E-state index contributed by atoms with van der Waals surface area (Å²) in [6.45, 7) is 5.47. The standard InChI is InChI=1S/C22H27ClN2O8/c1-4-5-6-11-30-21(26)32-19-14(2)24-15(3)20(33-22(27)31-12-10-23)18(19)16-8-7-9-17(13-16)25(28)29/h7-9,13,18,24H,4-6,10-12H2,1-3H3. The highest BCUT2D eigenvalue weighted by molar-refractivity contribution is 6.18. The first kappa shape index (κ1) is 26.0. The quantitative estimate of drug-likeness (QED) is 0.151. The molecule has 1 atom stereocenters. The first-order valence-electron chi connectivity index (χ1n) is 10.5. The van der Waals surface area contributed by atoms with Crippen LogP contribution in [0.3, 0.4) is 0 Å². The molecule has 0 radical (unpaired) electrons. The number of carbonyl (C=O) groups excluding carboxylic acids is 2. The predicted molar refractivity (Wildman–Crippen MR) is 119 cm³/mol. The Kier molecular flexibility index (Phi) is 9.99. The highest BCUT2D eigenvalue weighted by Gasteiger charge is 2.36. The molecule has 1 N–H and O–H groups in total. The largest absolute Gasteiger partial charge is 0.513 e. The number of benzene rings is 1. The Labute approximate surface area is 196 Å². The number of nitrogens with one attached hydrogen (secondary N) is 1. The van der Waals surface area contributed by atoms with Crippen LogP contribution in [0.5, 0.6) is 0 Å². The smallest absolute Gasteiger partial charge is 0.434 e. The third kappa shape index (κ3) is 7.38. The average Bonchev–Trinajstić information content (AvgIpc) is 2.78. The normalized spacial score (nSPS) is 15.6. The number of rotatable bonds is 10. The fraction of sp³-hybridized carbons (Fsp3) is 0.455. The van der Waals surface area contributed by atoms with Crippen molar-refractivity contribution < 1.29 is 33.5 Å². The van der Waals surface area contributed by atoms with E-state index in [0.29, 0.717) is 23.4 Å². The second-order valence-corrected chi connectivity index (χ2v) is 7.56. The van der Waals surface area contributed by atoms with E-state index in [-0.39, 0.29) is 36.3 Å². The van der Waals surface area contributed by atoms with Crippen molar-refractivity contribution in [3.05, 3.63) is 62.9 Å². The first-order chi connectivity index (χ1) is 15.8. The molecule has 1 unspecified atom stereocenters. The maximum atomic E-state index is 12.3. The van der Waals surface area contributed by atoms with Crippen LogP contribution in [0.1, 0.15) is 51.5 Å². The van der Waals surface area contributed by atoms with E-state index in [2.05, 4.69) is 5.32 Å². The zero-order chi connectivity index (χ0) is 24.4. The Hall–Kier alpha value is -3.27. The van der Waals surface area contributed by atoms with Gasteiger partial charge in [0.2, 0.25) is 0 Å². The van der Waals surface area contributed by atoms with Crippen molar-refractivity contribution in [2.75, 3.05) is 19.1 Å². The van der Waals surface area contributed by atoms with Gasteiger partial charge in [-0.1, -0.05) is 31.9 Å². The number of hydrogen-bond donors (Lipinski definition) is 1. The molecule has 1 aromatic rings. The van der Waals surface area contributed by atoms with Gasteiger partial charge in [-0.05, 0) is 25.8 Å². The van der Waals surface area contributed by atoms with Crippen LogP contribution in [0.15, 0.2) is 47.2 Å². The highest BCUT2D eigenvalue weighted by atomic mass is 35.5. The van der Waals surface area contributed by atoms with E-state index in [1.54, 1.807) is 19.9 Å². The molecule has 1 aliphatic rings. The summed E-state index contributed by atoms with van der Waals surface area (Å²) in [5, 5.41) is 14.3. The van der Waals surface area contributed by atoms with E-state index in [4.69, 9.17) is 30.5 Å². The third-order valence-corrected chi connectivity index (χ3v) is 4.86. The molecule has 0 spiro atoms. The molecule has 1 aromatic carbocycles. The number of halogens is 1. The van der Waals surface area contributed by atoms with E-state index >= 15 is 0 Å². The molecule has 33 heavy (non-hydrogen) atoms. The van der Waals surface area contributed by atoms with Crippen LogP contribution < -0.4 is 5.32 Å². The lowest BCUT2D eigenvalue weighted by molar-refractivity contribution is -0.384. The number of nitrogens with zero attached hydrogens (tertiary/aromatic N) is 1. The van der Waals surface area contributed by atoms with Crippen LogP contribution in [-0.4, -0.2) is 36.3 Å². The SMILES string of the molecule is CCCCCOC(=O)OC1=C(C)NC(C)=C(OC(=O)OCCCl)C1c1cccc([N+](=O)[O-])c1. The molecule has 0 bridgehead atoms. The number of nitro groups is 1. The number of non-ortho nitro benzene ring substituents is 1. The van der Waals surface area contributed by atoms with E-state index in [1.807, 2.05) is 6.92 Å².